The summed E-state index contributed by atoms with van der Waals surface area (Å²) in [5.74, 6) is 3.38. The maximum Gasteiger partial charge on any atom is 0.0760 e. The Hall–Kier alpha value is 0.270. The minimum absolute atomic E-state index is 0.0560. The molecular weight excluding hydrogens is 328 g/mol. The summed E-state index contributed by atoms with van der Waals surface area (Å²) in [7, 11) is 0. The predicted octanol–water partition coefficient (Wildman–Crippen LogP) is 6.29. The van der Waals surface area contributed by atoms with Crippen molar-refractivity contribution in [3.05, 3.63) is 0 Å². The zero-order chi connectivity index (χ0) is 19.3. The Kier molecular flexibility index (Phi) is 14.5. The van der Waals surface area contributed by atoms with Gasteiger partial charge in [0.25, 0.3) is 0 Å². The first kappa shape index (κ1) is 25.3. The SMILES string of the molecule is CCSC(CO)C(C)(O)CCCC(C)CCCC(C)CCCC(C)C. The topological polar surface area (TPSA) is 40.5 Å². The smallest absolute Gasteiger partial charge is 0.0760 e. The molecule has 0 heterocycles. The van der Waals surface area contributed by atoms with E-state index in [1.807, 2.05) is 6.92 Å². The molecule has 4 unspecified atom stereocenters. The van der Waals surface area contributed by atoms with Crippen molar-refractivity contribution in [2.75, 3.05) is 12.4 Å². The van der Waals surface area contributed by atoms with Crippen molar-refractivity contribution in [2.45, 2.75) is 110 Å². The number of aliphatic hydroxyl groups is 2. The van der Waals surface area contributed by atoms with Gasteiger partial charge in [-0.3, -0.25) is 0 Å². The van der Waals surface area contributed by atoms with Crippen LogP contribution in [-0.4, -0.2) is 33.4 Å². The van der Waals surface area contributed by atoms with Crippen LogP contribution in [0.1, 0.15) is 99.3 Å². The molecule has 0 rings (SSSR count). The van der Waals surface area contributed by atoms with Crippen molar-refractivity contribution in [1.29, 1.82) is 0 Å². The standard InChI is InChI=1S/C22H46O2S/c1-7-25-21(17-23)22(6,24)16-10-15-20(5)14-9-13-19(4)12-8-11-18(2)3/h18-21,23-24H,7-17H2,1-6H3. The number of rotatable bonds is 16. The van der Waals surface area contributed by atoms with Gasteiger partial charge in [0.05, 0.1) is 17.5 Å². The molecule has 0 saturated heterocycles. The van der Waals surface area contributed by atoms with Gasteiger partial charge in [-0.1, -0.05) is 86.0 Å². The molecule has 0 aliphatic heterocycles. The molecule has 3 heteroatoms. The Labute approximate surface area is 162 Å². The molecule has 0 amide bonds. The van der Waals surface area contributed by atoms with Crippen molar-refractivity contribution >= 4 is 11.8 Å². The van der Waals surface area contributed by atoms with E-state index in [9.17, 15) is 10.2 Å². The molecule has 2 nitrogen and oxygen atoms in total. The van der Waals surface area contributed by atoms with Crippen LogP contribution < -0.4 is 0 Å². The van der Waals surface area contributed by atoms with Crippen molar-refractivity contribution in [3.8, 4) is 0 Å². The van der Waals surface area contributed by atoms with Gasteiger partial charge in [-0.15, -0.1) is 0 Å². The molecule has 0 aromatic carbocycles. The fourth-order valence-electron chi connectivity index (χ4n) is 3.58. The van der Waals surface area contributed by atoms with Crippen LogP contribution in [0.5, 0.6) is 0 Å². The summed E-state index contributed by atoms with van der Waals surface area (Å²) in [6, 6.07) is 0. The number of thioether (sulfide) groups is 1. The Morgan fingerprint density at radius 2 is 1.32 bits per heavy atom. The molecular formula is C22H46O2S. The number of hydrogen-bond donors (Lipinski definition) is 2. The zero-order valence-electron chi connectivity index (χ0n) is 17.9. The first-order chi connectivity index (χ1) is 11.7. The quantitative estimate of drug-likeness (QED) is 0.333. The van der Waals surface area contributed by atoms with Crippen LogP contribution in [-0.2, 0) is 0 Å². The van der Waals surface area contributed by atoms with E-state index in [0.29, 0.717) is 0 Å². The van der Waals surface area contributed by atoms with Gasteiger partial charge in [-0.2, -0.15) is 11.8 Å². The summed E-state index contributed by atoms with van der Waals surface area (Å²) in [5.41, 5.74) is -0.750. The van der Waals surface area contributed by atoms with Crippen LogP contribution in [0.3, 0.4) is 0 Å². The highest BCUT2D eigenvalue weighted by Crippen LogP contribution is 2.29. The molecule has 0 saturated carbocycles. The van der Waals surface area contributed by atoms with Gasteiger partial charge in [0.2, 0.25) is 0 Å². The van der Waals surface area contributed by atoms with Crippen LogP contribution in [0.15, 0.2) is 0 Å². The molecule has 0 fully saturated rings. The third-order valence-corrected chi connectivity index (χ3v) is 6.87. The molecule has 0 spiro atoms. The van der Waals surface area contributed by atoms with E-state index in [2.05, 4.69) is 34.6 Å². The van der Waals surface area contributed by atoms with E-state index in [1.54, 1.807) is 11.8 Å². The lowest BCUT2D eigenvalue weighted by Crippen LogP contribution is -2.39. The second-order valence-corrected chi connectivity index (χ2v) is 10.3. The Bertz CT molecular complexity index is 304. The fraction of sp³-hybridized carbons (Fsp3) is 1.00. The summed E-state index contributed by atoms with van der Waals surface area (Å²) in [5, 5.41) is 20.0. The molecule has 0 aliphatic rings. The lowest BCUT2D eigenvalue weighted by Gasteiger charge is -2.31. The maximum absolute atomic E-state index is 10.6. The molecule has 25 heavy (non-hydrogen) atoms. The lowest BCUT2D eigenvalue weighted by molar-refractivity contribution is 0.0293. The zero-order valence-corrected chi connectivity index (χ0v) is 18.7. The minimum atomic E-state index is -0.750. The van der Waals surface area contributed by atoms with E-state index < -0.39 is 5.60 Å². The van der Waals surface area contributed by atoms with E-state index in [-0.39, 0.29) is 11.9 Å². The molecule has 2 N–H and O–H groups in total. The van der Waals surface area contributed by atoms with Crippen molar-refractivity contribution < 1.29 is 10.2 Å². The third-order valence-electron chi connectivity index (χ3n) is 5.48. The third kappa shape index (κ3) is 13.1. The van der Waals surface area contributed by atoms with Gasteiger partial charge in [0.1, 0.15) is 0 Å². The molecule has 0 radical (unpaired) electrons. The van der Waals surface area contributed by atoms with Gasteiger partial charge in [-0.05, 0) is 36.9 Å². The first-order valence-electron chi connectivity index (χ1n) is 10.7. The monoisotopic (exact) mass is 374 g/mol. The van der Waals surface area contributed by atoms with Gasteiger partial charge in [0.15, 0.2) is 0 Å². The van der Waals surface area contributed by atoms with Crippen LogP contribution in [0.25, 0.3) is 0 Å². The van der Waals surface area contributed by atoms with Crippen LogP contribution in [0.2, 0.25) is 0 Å². The summed E-state index contributed by atoms with van der Waals surface area (Å²) < 4.78 is 0. The van der Waals surface area contributed by atoms with Crippen molar-refractivity contribution in [1.82, 2.24) is 0 Å². The second-order valence-electron chi connectivity index (χ2n) is 8.84. The van der Waals surface area contributed by atoms with Gasteiger partial charge in [-0.25, -0.2) is 0 Å². The molecule has 4 atom stereocenters. The second kappa shape index (κ2) is 14.3. The summed E-state index contributed by atoms with van der Waals surface area (Å²) in [6.45, 7) is 13.4. The average molecular weight is 375 g/mol. The number of aliphatic hydroxyl groups excluding tert-OH is 1. The summed E-state index contributed by atoms with van der Waals surface area (Å²) in [6.07, 6.45) is 11.2. The summed E-state index contributed by atoms with van der Waals surface area (Å²) >= 11 is 1.67. The predicted molar refractivity (Wildman–Crippen MR) is 114 cm³/mol. The van der Waals surface area contributed by atoms with E-state index >= 15 is 0 Å². The molecule has 0 aliphatic carbocycles. The lowest BCUT2D eigenvalue weighted by atomic mass is 9.89. The normalized spacial score (nSPS) is 18.1. The fourth-order valence-corrected chi connectivity index (χ4v) is 4.56. The highest BCUT2D eigenvalue weighted by Gasteiger charge is 2.30. The molecule has 0 aromatic heterocycles. The maximum atomic E-state index is 10.6. The van der Waals surface area contributed by atoms with E-state index in [1.165, 1.54) is 44.9 Å². The van der Waals surface area contributed by atoms with E-state index in [4.69, 9.17) is 0 Å². The van der Waals surface area contributed by atoms with Gasteiger partial charge < -0.3 is 10.2 Å². The van der Waals surface area contributed by atoms with Crippen LogP contribution in [0.4, 0.5) is 0 Å². The van der Waals surface area contributed by atoms with Gasteiger partial charge in [0, 0.05) is 0 Å². The highest BCUT2D eigenvalue weighted by molar-refractivity contribution is 7.99. The average Bonchev–Trinajstić information content (AvgIpc) is 2.51. The van der Waals surface area contributed by atoms with Gasteiger partial charge >= 0.3 is 0 Å². The first-order valence-corrected chi connectivity index (χ1v) is 11.7. The summed E-state index contributed by atoms with van der Waals surface area (Å²) in [4.78, 5) is 0. The minimum Gasteiger partial charge on any atom is -0.395 e. The van der Waals surface area contributed by atoms with E-state index in [0.717, 1.165) is 36.3 Å². The Morgan fingerprint density at radius 3 is 1.76 bits per heavy atom. The highest BCUT2D eigenvalue weighted by atomic mass is 32.2. The molecule has 0 aromatic rings. The van der Waals surface area contributed by atoms with Crippen LogP contribution in [0, 0.1) is 17.8 Å². The van der Waals surface area contributed by atoms with Crippen molar-refractivity contribution in [2.24, 2.45) is 17.8 Å². The molecule has 0 bridgehead atoms. The van der Waals surface area contributed by atoms with Crippen LogP contribution >= 0.6 is 11.8 Å². The number of hydrogen-bond acceptors (Lipinski definition) is 3. The largest absolute Gasteiger partial charge is 0.395 e. The molecule has 152 valence electrons. The Balaban J connectivity index is 3.84. The Morgan fingerprint density at radius 1 is 0.840 bits per heavy atom. The van der Waals surface area contributed by atoms with Crippen molar-refractivity contribution in [3.63, 3.8) is 0 Å².